The maximum atomic E-state index is 12.0. The smallest absolute Gasteiger partial charge is 0.428 e. The number of anilines is 1. The molecular formula is C18H26N2O5. The van der Waals surface area contributed by atoms with Crippen LogP contribution in [0.5, 0.6) is 0 Å². The Morgan fingerprint density at radius 2 is 1.76 bits per heavy atom. The zero-order chi connectivity index (χ0) is 18.6. The SMILES string of the molecule is CC(C)(C)OC(=O)OC(=O)C(N)c1ccc(N2CCC(O)CC2)cc1. The van der Waals surface area contributed by atoms with E-state index in [2.05, 4.69) is 9.64 Å². The Balaban J connectivity index is 1.94. The van der Waals surface area contributed by atoms with E-state index < -0.39 is 23.8 Å². The number of nitrogens with two attached hydrogens (primary N) is 1. The second-order valence-corrected chi connectivity index (χ2v) is 7.17. The van der Waals surface area contributed by atoms with Crippen molar-refractivity contribution >= 4 is 17.8 Å². The van der Waals surface area contributed by atoms with Crippen molar-refractivity contribution in [1.82, 2.24) is 0 Å². The van der Waals surface area contributed by atoms with Gasteiger partial charge in [-0.15, -0.1) is 0 Å². The van der Waals surface area contributed by atoms with E-state index in [4.69, 9.17) is 10.5 Å². The minimum absolute atomic E-state index is 0.230. The molecule has 1 fully saturated rings. The summed E-state index contributed by atoms with van der Waals surface area (Å²) in [5, 5.41) is 9.56. The first kappa shape index (κ1) is 19.2. The molecule has 0 radical (unpaired) electrons. The van der Waals surface area contributed by atoms with Crippen molar-refractivity contribution in [3.8, 4) is 0 Å². The molecule has 0 saturated carbocycles. The summed E-state index contributed by atoms with van der Waals surface area (Å²) >= 11 is 0. The molecule has 7 heteroatoms. The summed E-state index contributed by atoms with van der Waals surface area (Å²) in [5.74, 6) is -0.858. The van der Waals surface area contributed by atoms with Gasteiger partial charge in [0.25, 0.3) is 0 Å². The number of benzene rings is 1. The molecule has 0 amide bonds. The minimum atomic E-state index is -1.07. The van der Waals surface area contributed by atoms with Crippen LogP contribution in [0.4, 0.5) is 10.5 Å². The van der Waals surface area contributed by atoms with Crippen LogP contribution in [-0.2, 0) is 14.3 Å². The first-order valence-electron chi connectivity index (χ1n) is 8.39. The van der Waals surface area contributed by atoms with Crippen molar-refractivity contribution in [2.75, 3.05) is 18.0 Å². The number of esters is 1. The maximum Gasteiger partial charge on any atom is 0.516 e. The molecule has 1 saturated heterocycles. The fourth-order valence-electron chi connectivity index (χ4n) is 2.57. The number of carbonyl (C=O) groups is 2. The molecule has 25 heavy (non-hydrogen) atoms. The largest absolute Gasteiger partial charge is 0.516 e. The lowest BCUT2D eigenvalue weighted by Gasteiger charge is -2.31. The molecule has 138 valence electrons. The molecule has 1 aromatic rings. The molecule has 1 unspecified atom stereocenters. The number of nitrogens with zero attached hydrogens (tertiary/aromatic N) is 1. The number of ether oxygens (including phenoxy) is 2. The van der Waals surface area contributed by atoms with Gasteiger partial charge < -0.3 is 25.2 Å². The summed E-state index contributed by atoms with van der Waals surface area (Å²) in [6.07, 6.45) is 0.190. The van der Waals surface area contributed by atoms with E-state index in [0.29, 0.717) is 5.56 Å². The minimum Gasteiger partial charge on any atom is -0.428 e. The predicted molar refractivity (Wildman–Crippen MR) is 93.2 cm³/mol. The van der Waals surface area contributed by atoms with Crippen molar-refractivity contribution in [3.63, 3.8) is 0 Å². The number of aliphatic hydroxyl groups is 1. The van der Waals surface area contributed by atoms with Gasteiger partial charge in [-0.1, -0.05) is 12.1 Å². The van der Waals surface area contributed by atoms with Crippen molar-refractivity contribution < 1.29 is 24.2 Å². The van der Waals surface area contributed by atoms with Gasteiger partial charge in [0.15, 0.2) is 0 Å². The summed E-state index contributed by atoms with van der Waals surface area (Å²) in [4.78, 5) is 25.7. The second kappa shape index (κ2) is 7.84. The first-order valence-corrected chi connectivity index (χ1v) is 8.39. The van der Waals surface area contributed by atoms with E-state index in [1.165, 1.54) is 0 Å². The summed E-state index contributed by atoms with van der Waals surface area (Å²) in [5.41, 5.74) is 6.68. The van der Waals surface area contributed by atoms with Crippen LogP contribution < -0.4 is 10.6 Å². The first-order chi connectivity index (χ1) is 11.7. The quantitative estimate of drug-likeness (QED) is 0.636. The molecule has 2 rings (SSSR count). The van der Waals surface area contributed by atoms with Crippen molar-refractivity contribution in [3.05, 3.63) is 29.8 Å². The van der Waals surface area contributed by atoms with Crippen LogP contribution in [-0.4, -0.2) is 42.0 Å². The molecule has 1 aliphatic rings. The van der Waals surface area contributed by atoms with Gasteiger partial charge in [-0.25, -0.2) is 9.59 Å². The van der Waals surface area contributed by atoms with E-state index in [-0.39, 0.29) is 6.10 Å². The van der Waals surface area contributed by atoms with Crippen molar-refractivity contribution in [2.45, 2.75) is 51.4 Å². The highest BCUT2D eigenvalue weighted by molar-refractivity contribution is 5.86. The Bertz CT molecular complexity index is 601. The van der Waals surface area contributed by atoms with Gasteiger partial charge in [0.1, 0.15) is 11.6 Å². The number of piperidine rings is 1. The summed E-state index contributed by atoms with van der Waals surface area (Å²) < 4.78 is 9.57. The second-order valence-electron chi connectivity index (χ2n) is 7.17. The number of rotatable bonds is 3. The zero-order valence-electron chi connectivity index (χ0n) is 14.9. The Morgan fingerprint density at radius 3 is 2.28 bits per heavy atom. The summed E-state index contributed by atoms with van der Waals surface area (Å²) in [6.45, 7) is 6.60. The van der Waals surface area contributed by atoms with Gasteiger partial charge in [0.05, 0.1) is 6.10 Å². The van der Waals surface area contributed by atoms with Gasteiger partial charge in [0.2, 0.25) is 0 Å². The fourth-order valence-corrected chi connectivity index (χ4v) is 2.57. The van der Waals surface area contributed by atoms with Crippen LogP contribution in [0.2, 0.25) is 0 Å². The van der Waals surface area contributed by atoms with Crippen LogP contribution in [0.15, 0.2) is 24.3 Å². The molecule has 0 bridgehead atoms. The average Bonchev–Trinajstić information content (AvgIpc) is 2.53. The highest BCUT2D eigenvalue weighted by atomic mass is 16.7. The molecule has 7 nitrogen and oxygen atoms in total. The van der Waals surface area contributed by atoms with Gasteiger partial charge >= 0.3 is 12.1 Å². The third kappa shape index (κ3) is 5.72. The molecule has 1 aliphatic heterocycles. The molecule has 1 aromatic carbocycles. The topological polar surface area (TPSA) is 102 Å². The molecule has 1 atom stereocenters. The third-order valence-corrected chi connectivity index (χ3v) is 3.91. The monoisotopic (exact) mass is 350 g/mol. The normalized spacial score (nSPS) is 17.1. The van der Waals surface area contributed by atoms with E-state index in [1.807, 2.05) is 12.1 Å². The Labute approximate surface area is 147 Å². The van der Waals surface area contributed by atoms with Crippen LogP contribution >= 0.6 is 0 Å². The molecular weight excluding hydrogens is 324 g/mol. The number of hydrogen-bond acceptors (Lipinski definition) is 7. The molecule has 3 N–H and O–H groups in total. The molecule has 1 heterocycles. The van der Waals surface area contributed by atoms with Gasteiger partial charge in [0, 0.05) is 18.8 Å². The maximum absolute atomic E-state index is 12.0. The lowest BCUT2D eigenvalue weighted by molar-refractivity contribution is -0.143. The van der Waals surface area contributed by atoms with Crippen LogP contribution in [0.1, 0.15) is 45.2 Å². The van der Waals surface area contributed by atoms with Crippen LogP contribution in [0.25, 0.3) is 0 Å². The molecule has 0 spiro atoms. The van der Waals surface area contributed by atoms with E-state index in [9.17, 15) is 14.7 Å². The van der Waals surface area contributed by atoms with Crippen molar-refractivity contribution in [2.24, 2.45) is 5.73 Å². The number of aliphatic hydroxyl groups excluding tert-OH is 1. The van der Waals surface area contributed by atoms with Gasteiger partial charge in [-0.3, -0.25) is 0 Å². The molecule has 0 aromatic heterocycles. The van der Waals surface area contributed by atoms with E-state index in [0.717, 1.165) is 31.6 Å². The number of hydrogen-bond donors (Lipinski definition) is 2. The Morgan fingerprint density at radius 1 is 1.20 bits per heavy atom. The third-order valence-electron chi connectivity index (χ3n) is 3.91. The average molecular weight is 350 g/mol. The zero-order valence-corrected chi connectivity index (χ0v) is 14.9. The van der Waals surface area contributed by atoms with E-state index in [1.54, 1.807) is 32.9 Å². The lowest BCUT2D eigenvalue weighted by atomic mass is 10.0. The standard InChI is InChI=1S/C18H26N2O5/c1-18(2,3)25-17(23)24-16(22)15(19)12-4-6-13(7-5-12)20-10-8-14(21)9-11-20/h4-7,14-15,21H,8-11,19H2,1-3H3. The summed E-state index contributed by atoms with van der Waals surface area (Å²) in [7, 11) is 0. The van der Waals surface area contributed by atoms with Gasteiger partial charge in [-0.05, 0) is 51.3 Å². The Kier molecular flexibility index (Phi) is 6.02. The van der Waals surface area contributed by atoms with Crippen molar-refractivity contribution in [1.29, 1.82) is 0 Å². The van der Waals surface area contributed by atoms with Crippen LogP contribution in [0.3, 0.4) is 0 Å². The fraction of sp³-hybridized carbons (Fsp3) is 0.556. The highest BCUT2D eigenvalue weighted by Crippen LogP contribution is 2.22. The van der Waals surface area contributed by atoms with Gasteiger partial charge in [-0.2, -0.15) is 0 Å². The van der Waals surface area contributed by atoms with E-state index >= 15 is 0 Å². The van der Waals surface area contributed by atoms with Crippen LogP contribution in [0, 0.1) is 0 Å². The number of carbonyl (C=O) groups excluding carboxylic acids is 2. The molecule has 0 aliphatic carbocycles. The Hall–Kier alpha value is -2.12. The highest BCUT2D eigenvalue weighted by Gasteiger charge is 2.25. The lowest BCUT2D eigenvalue weighted by Crippen LogP contribution is -2.35. The summed E-state index contributed by atoms with van der Waals surface area (Å²) in [6, 6.07) is 6.15. The predicted octanol–water partition coefficient (Wildman–Crippen LogP) is 2.13.